The van der Waals surface area contributed by atoms with Gasteiger partial charge in [0, 0.05) is 36.1 Å². The second-order valence-corrected chi connectivity index (χ2v) is 10.1. The van der Waals surface area contributed by atoms with Crippen molar-refractivity contribution in [2.75, 3.05) is 29.9 Å². The zero-order valence-corrected chi connectivity index (χ0v) is 20.2. The summed E-state index contributed by atoms with van der Waals surface area (Å²) in [5.41, 5.74) is 1.31. The van der Waals surface area contributed by atoms with Gasteiger partial charge in [0.1, 0.15) is 11.0 Å². The first-order chi connectivity index (χ1) is 14.9. The number of nitrogens with one attached hydrogen (secondary N) is 2. The SMILES string of the molecule is CC1CCCN(c2cc(Cl)nc(NC(=S)NCC3(c4cccc(Cl)c4)CCCC3)n2)C1. The molecule has 0 bridgehead atoms. The first kappa shape index (κ1) is 22.6. The van der Waals surface area contributed by atoms with Crippen LogP contribution >= 0.6 is 35.4 Å². The van der Waals surface area contributed by atoms with Crippen molar-refractivity contribution in [3.63, 3.8) is 0 Å². The normalized spacial score (nSPS) is 20.5. The Bertz CT molecular complexity index is 932. The van der Waals surface area contributed by atoms with Crippen LogP contribution in [0.4, 0.5) is 11.8 Å². The molecule has 166 valence electrons. The molecule has 2 aliphatic rings. The molecule has 1 saturated heterocycles. The number of halogens is 2. The van der Waals surface area contributed by atoms with Crippen molar-refractivity contribution in [3.05, 3.63) is 46.1 Å². The van der Waals surface area contributed by atoms with E-state index in [0.29, 0.717) is 22.1 Å². The summed E-state index contributed by atoms with van der Waals surface area (Å²) in [6.07, 6.45) is 7.08. The van der Waals surface area contributed by atoms with Gasteiger partial charge in [0.25, 0.3) is 0 Å². The Morgan fingerprint density at radius 1 is 1.19 bits per heavy atom. The summed E-state index contributed by atoms with van der Waals surface area (Å²) >= 11 is 18.1. The van der Waals surface area contributed by atoms with Gasteiger partial charge in [-0.3, -0.25) is 0 Å². The number of thiocarbonyl (C=S) groups is 1. The lowest BCUT2D eigenvalue weighted by Gasteiger charge is -2.32. The molecular weight excluding hydrogens is 449 g/mol. The van der Waals surface area contributed by atoms with E-state index in [4.69, 9.17) is 35.4 Å². The highest BCUT2D eigenvalue weighted by Gasteiger charge is 2.35. The van der Waals surface area contributed by atoms with E-state index < -0.39 is 0 Å². The van der Waals surface area contributed by atoms with Crippen LogP contribution in [-0.4, -0.2) is 34.7 Å². The van der Waals surface area contributed by atoms with Gasteiger partial charge < -0.3 is 15.5 Å². The first-order valence-electron chi connectivity index (χ1n) is 11.0. The van der Waals surface area contributed by atoms with E-state index in [-0.39, 0.29) is 5.41 Å². The van der Waals surface area contributed by atoms with Gasteiger partial charge in [-0.15, -0.1) is 0 Å². The molecule has 2 aromatic rings. The molecule has 1 unspecified atom stereocenters. The predicted octanol–water partition coefficient (Wildman–Crippen LogP) is 5.82. The van der Waals surface area contributed by atoms with E-state index in [2.05, 4.69) is 44.6 Å². The quantitative estimate of drug-likeness (QED) is 0.417. The molecule has 1 atom stereocenters. The highest BCUT2D eigenvalue weighted by atomic mass is 35.5. The van der Waals surface area contributed by atoms with Crippen LogP contribution < -0.4 is 15.5 Å². The van der Waals surface area contributed by atoms with Crippen LogP contribution in [0.1, 0.15) is 51.0 Å². The fourth-order valence-corrected chi connectivity index (χ4v) is 5.39. The maximum absolute atomic E-state index is 6.29. The van der Waals surface area contributed by atoms with Crippen molar-refractivity contribution in [3.8, 4) is 0 Å². The molecular formula is C23H29Cl2N5S. The summed E-state index contributed by atoms with van der Waals surface area (Å²) in [4.78, 5) is 11.3. The Morgan fingerprint density at radius 2 is 2.00 bits per heavy atom. The molecule has 2 N–H and O–H groups in total. The van der Waals surface area contributed by atoms with Crippen molar-refractivity contribution in [2.24, 2.45) is 5.92 Å². The molecule has 5 nitrogen and oxygen atoms in total. The van der Waals surface area contributed by atoms with E-state index in [9.17, 15) is 0 Å². The Hall–Kier alpha value is -1.63. The van der Waals surface area contributed by atoms with Crippen LogP contribution in [0.2, 0.25) is 10.2 Å². The minimum atomic E-state index is 0.0426. The molecule has 0 spiro atoms. The van der Waals surface area contributed by atoms with E-state index >= 15 is 0 Å². The molecule has 1 aliphatic heterocycles. The lowest BCUT2D eigenvalue weighted by Crippen LogP contribution is -2.41. The minimum Gasteiger partial charge on any atom is -0.361 e. The Labute approximate surface area is 199 Å². The van der Waals surface area contributed by atoms with Gasteiger partial charge in [-0.1, -0.05) is 55.1 Å². The molecule has 1 aromatic heterocycles. The molecule has 2 heterocycles. The number of piperidine rings is 1. The lowest BCUT2D eigenvalue weighted by atomic mass is 9.79. The van der Waals surface area contributed by atoms with Crippen molar-refractivity contribution in [2.45, 2.75) is 50.9 Å². The third-order valence-electron chi connectivity index (χ3n) is 6.47. The standard InChI is InChI=1S/C23H29Cl2N5S/c1-16-6-5-11-30(14-16)20-13-19(25)27-21(28-20)29-22(31)26-15-23(9-2-3-10-23)17-7-4-8-18(24)12-17/h4,7-8,12-13,16H,2-3,5-6,9-11,14-15H2,1H3,(H2,26,27,28,29,31). The summed E-state index contributed by atoms with van der Waals surface area (Å²) in [5.74, 6) is 1.93. The van der Waals surface area contributed by atoms with E-state index in [1.54, 1.807) is 0 Å². The smallest absolute Gasteiger partial charge is 0.232 e. The number of benzene rings is 1. The zero-order chi connectivity index (χ0) is 21.8. The molecule has 31 heavy (non-hydrogen) atoms. The molecule has 1 saturated carbocycles. The monoisotopic (exact) mass is 477 g/mol. The molecule has 0 radical (unpaired) electrons. The molecule has 4 rings (SSSR count). The van der Waals surface area contributed by atoms with Crippen LogP contribution in [0, 0.1) is 5.92 Å². The van der Waals surface area contributed by atoms with Crippen LogP contribution in [0.3, 0.4) is 0 Å². The number of aromatic nitrogens is 2. The Balaban J connectivity index is 1.42. The Morgan fingerprint density at radius 3 is 2.74 bits per heavy atom. The summed E-state index contributed by atoms with van der Waals surface area (Å²) in [6, 6.07) is 10.0. The van der Waals surface area contributed by atoms with Gasteiger partial charge in [-0.05, 0) is 61.5 Å². The third kappa shape index (κ3) is 5.60. The number of hydrogen-bond donors (Lipinski definition) is 2. The Kier molecular flexibility index (Phi) is 7.19. The molecule has 1 aliphatic carbocycles. The van der Waals surface area contributed by atoms with Crippen LogP contribution in [0.5, 0.6) is 0 Å². The van der Waals surface area contributed by atoms with Gasteiger partial charge in [0.05, 0.1) is 0 Å². The van der Waals surface area contributed by atoms with Crippen LogP contribution in [0.15, 0.2) is 30.3 Å². The van der Waals surface area contributed by atoms with Crippen molar-refractivity contribution in [1.29, 1.82) is 0 Å². The average Bonchev–Trinajstić information content (AvgIpc) is 3.22. The summed E-state index contributed by atoms with van der Waals surface area (Å²) in [7, 11) is 0. The fraction of sp³-hybridized carbons (Fsp3) is 0.522. The van der Waals surface area contributed by atoms with Gasteiger partial charge in [-0.2, -0.15) is 4.98 Å². The number of nitrogens with zero attached hydrogens (tertiary/aromatic N) is 3. The topological polar surface area (TPSA) is 53.1 Å². The maximum Gasteiger partial charge on any atom is 0.232 e. The summed E-state index contributed by atoms with van der Waals surface area (Å²) in [5, 5.41) is 8.24. The summed E-state index contributed by atoms with van der Waals surface area (Å²) < 4.78 is 0. The van der Waals surface area contributed by atoms with Gasteiger partial charge >= 0.3 is 0 Å². The summed E-state index contributed by atoms with van der Waals surface area (Å²) in [6.45, 7) is 4.99. The van der Waals surface area contributed by atoms with E-state index in [0.717, 1.165) is 49.7 Å². The third-order valence-corrected chi connectivity index (χ3v) is 7.15. The molecule has 2 fully saturated rings. The predicted molar refractivity (Wildman–Crippen MR) is 133 cm³/mol. The highest BCUT2D eigenvalue weighted by Crippen LogP contribution is 2.41. The van der Waals surface area contributed by atoms with Gasteiger partial charge in [0.2, 0.25) is 5.95 Å². The second-order valence-electron chi connectivity index (χ2n) is 8.87. The first-order valence-corrected chi connectivity index (χ1v) is 12.2. The van der Waals surface area contributed by atoms with E-state index in [1.807, 2.05) is 18.2 Å². The highest BCUT2D eigenvalue weighted by molar-refractivity contribution is 7.80. The molecule has 1 aromatic carbocycles. The lowest BCUT2D eigenvalue weighted by molar-refractivity contribution is 0.435. The number of hydrogen-bond acceptors (Lipinski definition) is 4. The van der Waals surface area contributed by atoms with Crippen LogP contribution in [-0.2, 0) is 5.41 Å². The van der Waals surface area contributed by atoms with Gasteiger partial charge in [-0.25, -0.2) is 4.98 Å². The van der Waals surface area contributed by atoms with Crippen molar-refractivity contribution < 1.29 is 0 Å². The molecule has 0 amide bonds. The average molecular weight is 478 g/mol. The van der Waals surface area contributed by atoms with Crippen molar-refractivity contribution >= 4 is 52.3 Å². The molecule has 8 heteroatoms. The largest absolute Gasteiger partial charge is 0.361 e. The van der Waals surface area contributed by atoms with Crippen molar-refractivity contribution in [1.82, 2.24) is 15.3 Å². The van der Waals surface area contributed by atoms with Gasteiger partial charge in [0.15, 0.2) is 5.11 Å². The minimum absolute atomic E-state index is 0.0426. The number of rotatable bonds is 5. The van der Waals surface area contributed by atoms with Crippen LogP contribution in [0.25, 0.3) is 0 Å². The van der Waals surface area contributed by atoms with E-state index in [1.165, 1.54) is 24.8 Å². The second kappa shape index (κ2) is 9.88. The maximum atomic E-state index is 6.29. The fourth-order valence-electron chi connectivity index (χ4n) is 4.85. The zero-order valence-electron chi connectivity index (χ0n) is 17.8. The number of anilines is 2.